The second kappa shape index (κ2) is 7.05. The minimum Gasteiger partial charge on any atom is -0.296 e. The molecule has 0 saturated carbocycles. The first-order valence-corrected chi connectivity index (χ1v) is 7.86. The van der Waals surface area contributed by atoms with Crippen LogP contribution in [0.3, 0.4) is 0 Å². The van der Waals surface area contributed by atoms with E-state index in [1.807, 2.05) is 19.1 Å². The van der Waals surface area contributed by atoms with E-state index in [1.165, 1.54) is 24.9 Å². The lowest BCUT2D eigenvalue weighted by atomic mass is 9.91. The van der Waals surface area contributed by atoms with Crippen LogP contribution in [0.15, 0.2) is 24.3 Å². The molecule has 116 valence electrons. The van der Waals surface area contributed by atoms with Crippen LogP contribution < -0.4 is 11.3 Å². The summed E-state index contributed by atoms with van der Waals surface area (Å²) >= 11 is 0. The van der Waals surface area contributed by atoms with Crippen LogP contribution in [0.2, 0.25) is 0 Å². The minimum atomic E-state index is -0.210. The van der Waals surface area contributed by atoms with Crippen LogP contribution in [0.1, 0.15) is 50.7 Å². The van der Waals surface area contributed by atoms with Crippen LogP contribution in [-0.2, 0) is 11.3 Å². The Balaban J connectivity index is 2.01. The number of likely N-dealkylation sites (tertiary alicyclic amines) is 1. The average Bonchev–Trinajstić information content (AvgIpc) is 2.51. The zero-order valence-corrected chi connectivity index (χ0v) is 13.3. The van der Waals surface area contributed by atoms with Gasteiger partial charge in [0.25, 0.3) is 0 Å². The van der Waals surface area contributed by atoms with E-state index in [9.17, 15) is 4.79 Å². The van der Waals surface area contributed by atoms with Gasteiger partial charge in [-0.25, -0.2) is 5.84 Å². The number of hydrogen-bond acceptors (Lipinski definition) is 3. The van der Waals surface area contributed by atoms with E-state index in [4.69, 9.17) is 5.84 Å². The largest absolute Gasteiger partial charge is 0.296 e. The molecule has 0 radical (unpaired) electrons. The van der Waals surface area contributed by atoms with Crippen LogP contribution in [0.25, 0.3) is 0 Å². The van der Waals surface area contributed by atoms with E-state index in [1.54, 1.807) is 0 Å². The van der Waals surface area contributed by atoms with Gasteiger partial charge in [0.15, 0.2) is 0 Å². The quantitative estimate of drug-likeness (QED) is 0.508. The first-order valence-electron chi connectivity index (χ1n) is 7.86. The zero-order chi connectivity index (χ0) is 15.4. The second-order valence-electron chi connectivity index (χ2n) is 6.30. The van der Waals surface area contributed by atoms with Crippen molar-refractivity contribution in [2.75, 3.05) is 6.54 Å². The van der Waals surface area contributed by atoms with Gasteiger partial charge in [0.2, 0.25) is 5.91 Å². The number of hydrazine groups is 1. The van der Waals surface area contributed by atoms with Gasteiger partial charge in [-0.3, -0.25) is 15.1 Å². The van der Waals surface area contributed by atoms with Crippen molar-refractivity contribution >= 4 is 5.91 Å². The first kappa shape index (κ1) is 16.0. The Morgan fingerprint density at radius 1 is 1.38 bits per heavy atom. The summed E-state index contributed by atoms with van der Waals surface area (Å²) in [4.78, 5) is 14.1. The van der Waals surface area contributed by atoms with E-state index >= 15 is 0 Å². The van der Waals surface area contributed by atoms with Crippen molar-refractivity contribution in [1.29, 1.82) is 0 Å². The van der Waals surface area contributed by atoms with Gasteiger partial charge in [-0.15, -0.1) is 0 Å². The zero-order valence-electron chi connectivity index (χ0n) is 13.3. The molecular weight excluding hydrogens is 262 g/mol. The molecule has 0 aromatic heterocycles. The fourth-order valence-electron chi connectivity index (χ4n) is 3.07. The third-order valence-electron chi connectivity index (χ3n) is 4.91. The molecule has 1 aliphatic heterocycles. The molecule has 0 aliphatic carbocycles. The van der Waals surface area contributed by atoms with Gasteiger partial charge in [-0.1, -0.05) is 31.2 Å². The van der Waals surface area contributed by atoms with Crippen molar-refractivity contribution in [3.05, 3.63) is 35.4 Å². The van der Waals surface area contributed by atoms with Crippen molar-refractivity contribution in [2.45, 2.75) is 52.1 Å². The summed E-state index contributed by atoms with van der Waals surface area (Å²) in [6.45, 7) is 8.70. The second-order valence-corrected chi connectivity index (χ2v) is 6.30. The van der Waals surface area contributed by atoms with Crippen molar-refractivity contribution in [3.63, 3.8) is 0 Å². The van der Waals surface area contributed by atoms with Crippen molar-refractivity contribution in [3.8, 4) is 0 Å². The molecular formula is C17H27N3O. The van der Waals surface area contributed by atoms with Crippen LogP contribution in [0.4, 0.5) is 0 Å². The maximum Gasteiger partial charge on any atom is 0.241 e. The maximum atomic E-state index is 11.5. The van der Waals surface area contributed by atoms with Crippen molar-refractivity contribution < 1.29 is 4.79 Å². The highest BCUT2D eigenvalue weighted by Crippen LogP contribution is 2.25. The molecule has 1 heterocycles. The molecule has 3 atom stereocenters. The number of hydrogen-bond donors (Lipinski definition) is 2. The summed E-state index contributed by atoms with van der Waals surface area (Å²) in [5.41, 5.74) is 4.51. The summed E-state index contributed by atoms with van der Waals surface area (Å²) in [6, 6.07) is 8.96. The SMILES string of the molecule is CC(C(=O)NN)c1ccc(CN2CCCC(C)C2C)cc1. The van der Waals surface area contributed by atoms with Crippen LogP contribution in [0.5, 0.6) is 0 Å². The first-order chi connectivity index (χ1) is 10.0. The molecule has 0 bridgehead atoms. The van der Waals surface area contributed by atoms with Gasteiger partial charge in [0.1, 0.15) is 0 Å². The van der Waals surface area contributed by atoms with E-state index in [-0.39, 0.29) is 11.8 Å². The maximum absolute atomic E-state index is 11.5. The molecule has 1 saturated heterocycles. The molecule has 1 aromatic rings. The van der Waals surface area contributed by atoms with Crippen molar-refractivity contribution in [2.24, 2.45) is 11.8 Å². The Kier molecular flexibility index (Phi) is 5.37. The number of piperidine rings is 1. The standard InChI is InChI=1S/C17H27N3O/c1-12-5-4-10-20(14(12)3)11-15-6-8-16(9-7-15)13(2)17(21)19-18/h6-9,12-14H,4-5,10-11,18H2,1-3H3,(H,19,21). The van der Waals surface area contributed by atoms with Gasteiger partial charge in [0, 0.05) is 12.6 Å². The molecule has 0 spiro atoms. The van der Waals surface area contributed by atoms with Gasteiger partial charge in [-0.2, -0.15) is 0 Å². The third-order valence-corrected chi connectivity index (χ3v) is 4.91. The van der Waals surface area contributed by atoms with E-state index in [0.717, 1.165) is 18.0 Å². The molecule has 3 N–H and O–H groups in total. The average molecular weight is 289 g/mol. The molecule has 4 nitrogen and oxygen atoms in total. The summed E-state index contributed by atoms with van der Waals surface area (Å²) in [5.74, 6) is 5.59. The third kappa shape index (κ3) is 3.83. The Morgan fingerprint density at radius 3 is 2.67 bits per heavy atom. The lowest BCUT2D eigenvalue weighted by Crippen LogP contribution is -2.41. The van der Waals surface area contributed by atoms with Gasteiger partial charge < -0.3 is 0 Å². The molecule has 4 heteroatoms. The van der Waals surface area contributed by atoms with Crippen LogP contribution in [-0.4, -0.2) is 23.4 Å². The summed E-state index contributed by atoms with van der Waals surface area (Å²) in [7, 11) is 0. The van der Waals surface area contributed by atoms with E-state index < -0.39 is 0 Å². The predicted molar refractivity (Wildman–Crippen MR) is 85.5 cm³/mol. The Hall–Kier alpha value is -1.39. The monoisotopic (exact) mass is 289 g/mol. The highest BCUT2D eigenvalue weighted by molar-refractivity contribution is 5.82. The number of rotatable bonds is 4. The number of nitrogens with zero attached hydrogens (tertiary/aromatic N) is 1. The lowest BCUT2D eigenvalue weighted by Gasteiger charge is -2.38. The summed E-state index contributed by atoms with van der Waals surface area (Å²) in [5, 5.41) is 0. The number of carbonyl (C=O) groups is 1. The topological polar surface area (TPSA) is 58.4 Å². The highest BCUT2D eigenvalue weighted by atomic mass is 16.2. The fraction of sp³-hybridized carbons (Fsp3) is 0.588. The minimum absolute atomic E-state index is 0.152. The van der Waals surface area contributed by atoms with E-state index in [0.29, 0.717) is 6.04 Å². The molecule has 3 unspecified atom stereocenters. The number of carbonyl (C=O) groups excluding carboxylic acids is 1. The summed E-state index contributed by atoms with van der Waals surface area (Å²) in [6.07, 6.45) is 2.62. The van der Waals surface area contributed by atoms with Gasteiger partial charge >= 0.3 is 0 Å². The van der Waals surface area contributed by atoms with Gasteiger partial charge in [0.05, 0.1) is 5.92 Å². The smallest absolute Gasteiger partial charge is 0.241 e. The molecule has 2 rings (SSSR count). The highest BCUT2D eigenvalue weighted by Gasteiger charge is 2.24. The number of benzene rings is 1. The number of nitrogens with two attached hydrogens (primary N) is 1. The normalized spacial score (nSPS) is 24.6. The molecule has 1 aliphatic rings. The Morgan fingerprint density at radius 2 is 2.05 bits per heavy atom. The molecule has 1 aromatic carbocycles. The van der Waals surface area contributed by atoms with Gasteiger partial charge in [-0.05, 0) is 50.3 Å². The van der Waals surface area contributed by atoms with E-state index in [2.05, 4.69) is 36.3 Å². The van der Waals surface area contributed by atoms with Crippen molar-refractivity contribution in [1.82, 2.24) is 10.3 Å². The Labute approximate surface area is 127 Å². The fourth-order valence-corrected chi connectivity index (χ4v) is 3.07. The molecule has 1 fully saturated rings. The van der Waals surface area contributed by atoms with Crippen LogP contribution >= 0.6 is 0 Å². The molecule has 1 amide bonds. The lowest BCUT2D eigenvalue weighted by molar-refractivity contribution is -0.122. The Bertz CT molecular complexity index is 471. The number of nitrogens with one attached hydrogen (secondary N) is 1. The molecule has 21 heavy (non-hydrogen) atoms. The summed E-state index contributed by atoms with van der Waals surface area (Å²) < 4.78 is 0. The van der Waals surface area contributed by atoms with Crippen LogP contribution in [0, 0.1) is 5.92 Å². The predicted octanol–water partition coefficient (Wildman–Crippen LogP) is 2.40. The number of amides is 1.